The van der Waals surface area contributed by atoms with Crippen LogP contribution in [0, 0.1) is 0 Å². The number of hydrogen-bond acceptors (Lipinski definition) is 10. The number of carboxylic acids is 1. The number of hydrogen-bond donors (Lipinski definition) is 3. The Morgan fingerprint density at radius 1 is 1.00 bits per heavy atom. The number of carbonyl (C=O) groups excluding carboxylic acids is 1. The molecule has 1 aromatic heterocycles. The van der Waals surface area contributed by atoms with Gasteiger partial charge in [-0.1, -0.05) is 12.1 Å². The van der Waals surface area contributed by atoms with Crippen molar-refractivity contribution in [3.63, 3.8) is 0 Å². The van der Waals surface area contributed by atoms with Crippen LogP contribution in [0.2, 0.25) is 0 Å². The largest absolute Gasteiger partial charge is 1.00 e. The molecule has 0 aliphatic carbocycles. The molecule has 0 unspecified atom stereocenters. The molecule has 2 heterocycles. The molecule has 3 N–H and O–H groups in total. The minimum atomic E-state index is -1.90. The molecule has 5 atom stereocenters. The second-order valence-corrected chi connectivity index (χ2v) is 7.20. The first kappa shape index (κ1) is 25.2. The number of benzene rings is 2. The Bertz CT molecular complexity index is 1190. The van der Waals surface area contributed by atoms with Crippen molar-refractivity contribution >= 4 is 16.9 Å². The zero-order chi connectivity index (χ0) is 23.0. The zero-order valence-corrected chi connectivity index (χ0v) is 19.7. The van der Waals surface area contributed by atoms with E-state index in [0.717, 1.165) is 0 Å². The van der Waals surface area contributed by atoms with Gasteiger partial charge < -0.3 is 43.8 Å². The quantitative estimate of drug-likeness (QED) is 0.321. The standard InChI is InChI=1S/C22H20O10.Na/c1-29-11-4-2-10(3-5-11)14-9-30-15-8-12(6-7-13(15)16(14)23)31-22-19(26)17(24)18(25)20(32-22)21(27)28;/h2-9,17-20,22,24-26H,1H3,(H,27,28);/q;+1/p-1/t17-,18-,19+,20-,22+;/m0./s1. The van der Waals surface area contributed by atoms with Crippen LogP contribution in [0.5, 0.6) is 11.5 Å². The minimum absolute atomic E-state index is 0. The molecule has 0 spiro atoms. The van der Waals surface area contributed by atoms with E-state index in [1.165, 1.54) is 31.6 Å². The second kappa shape index (κ2) is 10.2. The zero-order valence-electron chi connectivity index (χ0n) is 17.7. The molecule has 33 heavy (non-hydrogen) atoms. The van der Waals surface area contributed by atoms with Crippen molar-refractivity contribution in [1.29, 1.82) is 0 Å². The van der Waals surface area contributed by atoms with Crippen LogP contribution >= 0.6 is 0 Å². The monoisotopic (exact) mass is 466 g/mol. The fraction of sp³-hybridized carbons (Fsp3) is 0.273. The van der Waals surface area contributed by atoms with Gasteiger partial charge in [-0.25, -0.2) is 0 Å². The van der Waals surface area contributed by atoms with Crippen LogP contribution in [0.15, 0.2) is 57.9 Å². The van der Waals surface area contributed by atoms with Gasteiger partial charge >= 0.3 is 29.6 Å². The summed E-state index contributed by atoms with van der Waals surface area (Å²) in [7, 11) is 1.54. The Kier molecular flexibility index (Phi) is 7.80. The number of fused-ring (bicyclic) bond motifs is 1. The fourth-order valence-corrected chi connectivity index (χ4v) is 3.43. The van der Waals surface area contributed by atoms with E-state index >= 15 is 0 Å². The third-order valence-electron chi connectivity index (χ3n) is 5.20. The van der Waals surface area contributed by atoms with Gasteiger partial charge in [0.1, 0.15) is 47.8 Å². The summed E-state index contributed by atoms with van der Waals surface area (Å²) < 4.78 is 21.2. The molecule has 1 aliphatic heterocycles. The van der Waals surface area contributed by atoms with Gasteiger partial charge in [-0.15, -0.1) is 0 Å². The van der Waals surface area contributed by atoms with Crippen LogP contribution < -0.4 is 49.6 Å². The SMILES string of the molecule is COc1ccc(-c2coc3cc(O[C@@H]4O[C@H](C(=O)[O-])[C@@H](O)[C@H](O)[C@H]4O)ccc3c2=O)cc1.[Na+]. The number of carbonyl (C=O) groups is 1. The minimum Gasteiger partial charge on any atom is -0.547 e. The predicted octanol–water partition coefficient (Wildman–Crippen LogP) is -3.59. The molecule has 11 heteroatoms. The first-order valence-electron chi connectivity index (χ1n) is 9.57. The van der Waals surface area contributed by atoms with Crippen LogP contribution in [-0.2, 0) is 9.53 Å². The molecule has 168 valence electrons. The Hall–Kier alpha value is -2.44. The molecule has 1 fully saturated rings. The summed E-state index contributed by atoms with van der Waals surface area (Å²) in [5.41, 5.74) is 0.870. The van der Waals surface area contributed by atoms with Crippen LogP contribution in [0.4, 0.5) is 0 Å². The fourth-order valence-electron chi connectivity index (χ4n) is 3.43. The molecule has 0 amide bonds. The van der Waals surface area contributed by atoms with E-state index in [9.17, 15) is 30.0 Å². The molecule has 3 aromatic rings. The summed E-state index contributed by atoms with van der Waals surface area (Å²) in [5, 5.41) is 41.0. The van der Waals surface area contributed by atoms with Gasteiger partial charge in [-0.3, -0.25) is 4.79 Å². The van der Waals surface area contributed by atoms with E-state index in [1.807, 2.05) is 0 Å². The van der Waals surface area contributed by atoms with Crippen molar-refractivity contribution in [2.75, 3.05) is 7.11 Å². The van der Waals surface area contributed by atoms with Gasteiger partial charge in [0.05, 0.1) is 24.0 Å². The molecule has 4 rings (SSSR count). The third kappa shape index (κ3) is 4.92. The van der Waals surface area contributed by atoms with Gasteiger partial charge in [0.2, 0.25) is 6.29 Å². The van der Waals surface area contributed by atoms with Crippen molar-refractivity contribution in [3.8, 4) is 22.6 Å². The Labute approximate surface area is 209 Å². The number of aliphatic hydroxyl groups excluding tert-OH is 3. The molecule has 10 nitrogen and oxygen atoms in total. The number of methoxy groups -OCH3 is 1. The van der Waals surface area contributed by atoms with Crippen molar-refractivity contribution in [2.45, 2.75) is 30.7 Å². The van der Waals surface area contributed by atoms with Crippen molar-refractivity contribution < 1.29 is 73.4 Å². The molecule has 0 radical (unpaired) electrons. The Morgan fingerprint density at radius 2 is 1.67 bits per heavy atom. The van der Waals surface area contributed by atoms with Gasteiger partial charge in [0.15, 0.2) is 5.43 Å². The van der Waals surface area contributed by atoms with Crippen molar-refractivity contribution in [2.24, 2.45) is 0 Å². The number of rotatable bonds is 5. The summed E-state index contributed by atoms with van der Waals surface area (Å²) in [4.78, 5) is 24.0. The van der Waals surface area contributed by atoms with E-state index in [4.69, 9.17) is 18.6 Å². The number of carboxylic acid groups (broad SMARTS) is 1. The summed E-state index contributed by atoms with van der Waals surface area (Å²) in [6.45, 7) is 0. The molecule has 0 bridgehead atoms. The molecule has 0 saturated carbocycles. The van der Waals surface area contributed by atoms with E-state index < -0.39 is 36.7 Å². The number of aliphatic carboxylic acids is 1. The van der Waals surface area contributed by atoms with Crippen LogP contribution in [0.3, 0.4) is 0 Å². The summed E-state index contributed by atoms with van der Waals surface area (Å²) in [5.74, 6) is -1.05. The van der Waals surface area contributed by atoms with E-state index in [-0.39, 0.29) is 51.7 Å². The Balaban J connectivity index is 0.00000306. The molecule has 2 aromatic carbocycles. The van der Waals surface area contributed by atoms with Crippen LogP contribution in [-0.4, -0.2) is 59.1 Å². The number of aliphatic hydroxyl groups is 3. The maximum Gasteiger partial charge on any atom is 1.00 e. The van der Waals surface area contributed by atoms with Gasteiger partial charge in [-0.05, 0) is 29.8 Å². The first-order chi connectivity index (χ1) is 15.3. The Morgan fingerprint density at radius 3 is 2.30 bits per heavy atom. The maximum absolute atomic E-state index is 12.9. The van der Waals surface area contributed by atoms with E-state index in [2.05, 4.69) is 0 Å². The smallest absolute Gasteiger partial charge is 0.547 e. The average Bonchev–Trinajstić information content (AvgIpc) is 2.79. The number of ether oxygens (including phenoxy) is 3. The summed E-state index contributed by atoms with van der Waals surface area (Å²) >= 11 is 0. The summed E-state index contributed by atoms with van der Waals surface area (Å²) in [6, 6.07) is 11.1. The van der Waals surface area contributed by atoms with Crippen molar-refractivity contribution in [1.82, 2.24) is 0 Å². The van der Waals surface area contributed by atoms with Crippen molar-refractivity contribution in [3.05, 3.63) is 59.0 Å². The molecule has 1 saturated heterocycles. The van der Waals surface area contributed by atoms with Gasteiger partial charge in [0, 0.05) is 6.07 Å². The average molecular weight is 466 g/mol. The molecule has 1 aliphatic rings. The predicted molar refractivity (Wildman–Crippen MR) is 107 cm³/mol. The third-order valence-corrected chi connectivity index (χ3v) is 5.20. The topological polar surface area (TPSA) is 159 Å². The van der Waals surface area contributed by atoms with Crippen LogP contribution in [0.1, 0.15) is 0 Å². The first-order valence-corrected chi connectivity index (χ1v) is 9.57. The second-order valence-electron chi connectivity index (χ2n) is 7.20. The van der Waals surface area contributed by atoms with E-state index in [1.54, 1.807) is 24.3 Å². The summed E-state index contributed by atoms with van der Waals surface area (Å²) in [6.07, 6.45) is -7.67. The molecular formula is C22H19NaO10. The molecular weight excluding hydrogens is 447 g/mol. The normalized spacial score (nSPS) is 24.7. The van der Waals surface area contributed by atoms with Gasteiger partial charge in [0.25, 0.3) is 0 Å². The maximum atomic E-state index is 12.9. The van der Waals surface area contributed by atoms with Gasteiger partial charge in [-0.2, -0.15) is 0 Å². The van der Waals surface area contributed by atoms with E-state index in [0.29, 0.717) is 16.9 Å². The van der Waals surface area contributed by atoms with Crippen LogP contribution in [0.25, 0.3) is 22.1 Å².